The van der Waals surface area contributed by atoms with E-state index < -0.39 is 5.82 Å². The summed E-state index contributed by atoms with van der Waals surface area (Å²) in [6.07, 6.45) is 0. The van der Waals surface area contributed by atoms with Gasteiger partial charge in [0, 0.05) is 31.7 Å². The van der Waals surface area contributed by atoms with Gasteiger partial charge in [0.15, 0.2) is 11.6 Å². The molecule has 3 rings (SSSR count). The molecule has 150 valence electrons. The fourth-order valence-corrected chi connectivity index (χ4v) is 2.95. The molecule has 0 spiro atoms. The maximum Gasteiger partial charge on any atom is 0.251 e. The van der Waals surface area contributed by atoms with Crippen molar-refractivity contribution in [3.8, 4) is 11.5 Å². The number of hydrogen-bond donors (Lipinski definition) is 1. The number of nitrogens with one attached hydrogen (secondary N) is 1. The van der Waals surface area contributed by atoms with Gasteiger partial charge in [0.25, 0.3) is 5.91 Å². The summed E-state index contributed by atoms with van der Waals surface area (Å²) >= 11 is 0. The maximum atomic E-state index is 13.7. The quantitative estimate of drug-likeness (QED) is 0.753. The van der Waals surface area contributed by atoms with Crippen molar-refractivity contribution in [2.24, 2.45) is 0 Å². The van der Waals surface area contributed by atoms with Gasteiger partial charge in [0.1, 0.15) is 12.4 Å². The van der Waals surface area contributed by atoms with Crippen LogP contribution in [0.3, 0.4) is 0 Å². The van der Waals surface area contributed by atoms with Gasteiger partial charge < -0.3 is 19.5 Å². The zero-order valence-corrected chi connectivity index (χ0v) is 15.9. The minimum atomic E-state index is -0.564. The van der Waals surface area contributed by atoms with E-state index in [0.29, 0.717) is 13.2 Å². The SMILES string of the molecule is COc1ccc(C(=O)NCc2cccc(OCCN3CCOCC3)c2)cc1F. The highest BCUT2D eigenvalue weighted by Gasteiger charge is 2.11. The molecule has 0 atom stereocenters. The lowest BCUT2D eigenvalue weighted by Crippen LogP contribution is -2.38. The van der Waals surface area contributed by atoms with Gasteiger partial charge in [-0.25, -0.2) is 4.39 Å². The van der Waals surface area contributed by atoms with Gasteiger partial charge in [-0.3, -0.25) is 9.69 Å². The minimum Gasteiger partial charge on any atom is -0.494 e. The number of amides is 1. The number of carbonyl (C=O) groups is 1. The number of morpholine rings is 1. The molecule has 0 unspecified atom stereocenters. The molecule has 0 radical (unpaired) electrons. The molecule has 2 aromatic rings. The van der Waals surface area contributed by atoms with E-state index in [9.17, 15) is 9.18 Å². The van der Waals surface area contributed by atoms with Gasteiger partial charge in [-0.15, -0.1) is 0 Å². The van der Waals surface area contributed by atoms with Gasteiger partial charge in [-0.05, 0) is 35.9 Å². The third kappa shape index (κ3) is 5.68. The third-order valence-electron chi connectivity index (χ3n) is 4.55. The van der Waals surface area contributed by atoms with Crippen LogP contribution < -0.4 is 14.8 Å². The molecule has 6 nitrogen and oxygen atoms in total. The van der Waals surface area contributed by atoms with Crippen LogP contribution in [-0.2, 0) is 11.3 Å². The second-order valence-corrected chi connectivity index (χ2v) is 6.48. The van der Waals surface area contributed by atoms with Crippen LogP contribution in [0.4, 0.5) is 4.39 Å². The number of rotatable bonds is 8. The average molecular weight is 388 g/mol. The number of ether oxygens (including phenoxy) is 3. The van der Waals surface area contributed by atoms with Gasteiger partial charge in [0.05, 0.1) is 20.3 Å². The Morgan fingerprint density at radius 1 is 1.21 bits per heavy atom. The Hall–Kier alpha value is -2.64. The lowest BCUT2D eigenvalue weighted by molar-refractivity contribution is 0.0322. The Morgan fingerprint density at radius 3 is 2.79 bits per heavy atom. The highest BCUT2D eigenvalue weighted by Crippen LogP contribution is 2.18. The summed E-state index contributed by atoms with van der Waals surface area (Å²) in [7, 11) is 1.38. The van der Waals surface area contributed by atoms with Crippen molar-refractivity contribution in [1.29, 1.82) is 0 Å². The fraction of sp³-hybridized carbons (Fsp3) is 0.381. The third-order valence-corrected chi connectivity index (χ3v) is 4.55. The van der Waals surface area contributed by atoms with Crippen molar-refractivity contribution in [3.05, 3.63) is 59.4 Å². The molecule has 0 aliphatic carbocycles. The Labute approximate surface area is 164 Å². The molecule has 28 heavy (non-hydrogen) atoms. The van der Waals surface area contributed by atoms with Crippen LogP contribution in [-0.4, -0.2) is 57.4 Å². The summed E-state index contributed by atoms with van der Waals surface area (Å²) in [6, 6.07) is 11.7. The van der Waals surface area contributed by atoms with Crippen LogP contribution in [0.2, 0.25) is 0 Å². The van der Waals surface area contributed by atoms with Crippen molar-refractivity contribution in [3.63, 3.8) is 0 Å². The molecule has 1 saturated heterocycles. The number of benzene rings is 2. The van der Waals surface area contributed by atoms with E-state index in [1.807, 2.05) is 24.3 Å². The molecule has 2 aromatic carbocycles. The van der Waals surface area contributed by atoms with Crippen LogP contribution in [0, 0.1) is 5.82 Å². The molecule has 1 fully saturated rings. The summed E-state index contributed by atoms with van der Waals surface area (Å²) in [6.45, 7) is 5.19. The van der Waals surface area contributed by atoms with E-state index in [1.165, 1.54) is 25.3 Å². The molecule has 1 N–H and O–H groups in total. The molecular weight excluding hydrogens is 363 g/mol. The summed E-state index contributed by atoms with van der Waals surface area (Å²) in [5, 5.41) is 2.79. The van der Waals surface area contributed by atoms with Gasteiger partial charge in [-0.1, -0.05) is 12.1 Å². The molecule has 0 bridgehead atoms. The smallest absolute Gasteiger partial charge is 0.251 e. The van der Waals surface area contributed by atoms with Crippen molar-refractivity contribution >= 4 is 5.91 Å². The number of hydrogen-bond acceptors (Lipinski definition) is 5. The van der Waals surface area contributed by atoms with E-state index in [0.717, 1.165) is 44.2 Å². The fourth-order valence-electron chi connectivity index (χ4n) is 2.95. The molecule has 1 aliphatic heterocycles. The first-order chi connectivity index (χ1) is 13.7. The van der Waals surface area contributed by atoms with E-state index in [4.69, 9.17) is 14.2 Å². The predicted molar refractivity (Wildman–Crippen MR) is 103 cm³/mol. The maximum absolute atomic E-state index is 13.7. The molecule has 7 heteroatoms. The molecule has 1 amide bonds. The van der Waals surface area contributed by atoms with Crippen LogP contribution in [0.1, 0.15) is 15.9 Å². The number of halogens is 1. The molecule has 1 heterocycles. The second kappa shape index (κ2) is 10.1. The topological polar surface area (TPSA) is 60.0 Å². The first-order valence-electron chi connectivity index (χ1n) is 9.29. The standard InChI is InChI=1S/C21H25FN2O4/c1-26-20-6-5-17(14-19(20)22)21(25)23-15-16-3-2-4-18(13-16)28-12-9-24-7-10-27-11-8-24/h2-6,13-14H,7-12,15H2,1H3,(H,23,25). The highest BCUT2D eigenvalue weighted by atomic mass is 19.1. The van der Waals surface area contributed by atoms with E-state index in [1.54, 1.807) is 0 Å². The molecular formula is C21H25FN2O4. The molecule has 0 aromatic heterocycles. The summed E-state index contributed by atoms with van der Waals surface area (Å²) in [5.74, 6) is -0.0417. The number of nitrogens with zero attached hydrogens (tertiary/aromatic N) is 1. The van der Waals surface area contributed by atoms with E-state index in [-0.39, 0.29) is 17.2 Å². The summed E-state index contributed by atoms with van der Waals surface area (Å²) in [5.41, 5.74) is 1.16. The van der Waals surface area contributed by atoms with Crippen molar-refractivity contribution < 1.29 is 23.4 Å². The van der Waals surface area contributed by atoms with Gasteiger partial charge in [-0.2, -0.15) is 0 Å². The van der Waals surface area contributed by atoms with Crippen molar-refractivity contribution in [2.75, 3.05) is 46.6 Å². The lowest BCUT2D eigenvalue weighted by Gasteiger charge is -2.26. The normalized spacial score (nSPS) is 14.5. The summed E-state index contributed by atoms with van der Waals surface area (Å²) < 4.78 is 29.8. The monoisotopic (exact) mass is 388 g/mol. The van der Waals surface area contributed by atoms with E-state index in [2.05, 4.69) is 10.2 Å². The van der Waals surface area contributed by atoms with Crippen LogP contribution in [0.5, 0.6) is 11.5 Å². The zero-order valence-electron chi connectivity index (χ0n) is 15.9. The highest BCUT2D eigenvalue weighted by molar-refractivity contribution is 5.94. The van der Waals surface area contributed by atoms with Crippen molar-refractivity contribution in [1.82, 2.24) is 10.2 Å². The molecule has 1 aliphatic rings. The minimum absolute atomic E-state index is 0.110. The van der Waals surface area contributed by atoms with Gasteiger partial charge in [0.2, 0.25) is 0 Å². The average Bonchev–Trinajstić information content (AvgIpc) is 2.73. The molecule has 0 saturated carbocycles. The number of methoxy groups -OCH3 is 1. The van der Waals surface area contributed by atoms with E-state index >= 15 is 0 Å². The second-order valence-electron chi connectivity index (χ2n) is 6.48. The zero-order chi connectivity index (χ0) is 19.8. The van der Waals surface area contributed by atoms with Crippen LogP contribution in [0.15, 0.2) is 42.5 Å². The van der Waals surface area contributed by atoms with Crippen LogP contribution >= 0.6 is 0 Å². The van der Waals surface area contributed by atoms with Crippen molar-refractivity contribution in [2.45, 2.75) is 6.54 Å². The Morgan fingerprint density at radius 2 is 2.04 bits per heavy atom. The van der Waals surface area contributed by atoms with Crippen LogP contribution in [0.25, 0.3) is 0 Å². The Bertz CT molecular complexity index is 794. The Balaban J connectivity index is 1.48. The summed E-state index contributed by atoms with van der Waals surface area (Å²) in [4.78, 5) is 14.5. The largest absolute Gasteiger partial charge is 0.494 e. The van der Waals surface area contributed by atoms with Gasteiger partial charge >= 0.3 is 0 Å². The first-order valence-corrected chi connectivity index (χ1v) is 9.29. The Kier molecular flexibility index (Phi) is 7.22. The lowest BCUT2D eigenvalue weighted by atomic mass is 10.1. The first kappa shape index (κ1) is 20.1. The number of carbonyl (C=O) groups excluding carboxylic acids is 1. The predicted octanol–water partition coefficient (Wildman–Crippen LogP) is 2.48.